The van der Waals surface area contributed by atoms with Crippen molar-refractivity contribution in [2.45, 2.75) is 11.8 Å². The molecule has 0 fully saturated rings. The van der Waals surface area contributed by atoms with E-state index in [9.17, 15) is 8.42 Å². The van der Waals surface area contributed by atoms with Gasteiger partial charge in [-0.15, -0.1) is 11.3 Å². The summed E-state index contributed by atoms with van der Waals surface area (Å²) in [4.78, 5) is 5.54. The zero-order valence-electron chi connectivity index (χ0n) is 16.0. The van der Waals surface area contributed by atoms with Crippen molar-refractivity contribution >= 4 is 32.0 Å². The van der Waals surface area contributed by atoms with E-state index in [1.165, 1.54) is 26.4 Å². The highest BCUT2D eigenvalue weighted by Gasteiger charge is 2.20. The molecule has 0 saturated carbocycles. The quantitative estimate of drug-likeness (QED) is 0.497. The normalized spacial score (nSPS) is 11.6. The molecule has 4 rings (SSSR count). The van der Waals surface area contributed by atoms with Gasteiger partial charge < -0.3 is 9.47 Å². The number of fused-ring (bicyclic) bond motifs is 1. The Balaban J connectivity index is 1.67. The third-order valence-electron chi connectivity index (χ3n) is 4.46. The summed E-state index contributed by atoms with van der Waals surface area (Å²) >= 11 is 1.56. The molecular formula is C20H19N3O4S2. The second kappa shape index (κ2) is 7.41. The summed E-state index contributed by atoms with van der Waals surface area (Å²) in [7, 11) is -0.929. The third kappa shape index (κ3) is 3.66. The van der Waals surface area contributed by atoms with E-state index in [0.29, 0.717) is 11.4 Å². The second-order valence-electron chi connectivity index (χ2n) is 6.36. The van der Waals surface area contributed by atoms with Crippen LogP contribution in [0.3, 0.4) is 0 Å². The molecule has 0 amide bonds. The number of rotatable bonds is 6. The fourth-order valence-electron chi connectivity index (χ4n) is 2.98. The SMILES string of the molecule is COc1ccc(S(=O)(=O)Nc2cccc(-c3cn4c(C)csc4n3)c2)c(OC)c1. The van der Waals surface area contributed by atoms with Crippen molar-refractivity contribution in [3.05, 3.63) is 59.7 Å². The monoisotopic (exact) mass is 429 g/mol. The van der Waals surface area contributed by atoms with Gasteiger partial charge in [-0.05, 0) is 31.2 Å². The van der Waals surface area contributed by atoms with Gasteiger partial charge in [-0.1, -0.05) is 12.1 Å². The van der Waals surface area contributed by atoms with Crippen molar-refractivity contribution in [1.82, 2.24) is 9.38 Å². The van der Waals surface area contributed by atoms with E-state index < -0.39 is 10.0 Å². The Kier molecular flexibility index (Phi) is 4.93. The molecule has 0 unspecified atom stereocenters. The van der Waals surface area contributed by atoms with Gasteiger partial charge in [0.1, 0.15) is 16.4 Å². The van der Waals surface area contributed by atoms with E-state index in [2.05, 4.69) is 9.71 Å². The molecule has 0 aliphatic rings. The van der Waals surface area contributed by atoms with Crippen molar-refractivity contribution in [1.29, 1.82) is 0 Å². The molecule has 0 aliphatic heterocycles. The summed E-state index contributed by atoms with van der Waals surface area (Å²) in [5, 5.41) is 2.04. The van der Waals surface area contributed by atoms with Gasteiger partial charge in [0.15, 0.2) is 4.96 Å². The molecule has 0 bridgehead atoms. The van der Waals surface area contributed by atoms with E-state index in [1.807, 2.05) is 29.0 Å². The van der Waals surface area contributed by atoms with Crippen molar-refractivity contribution in [2.24, 2.45) is 0 Å². The maximum atomic E-state index is 12.9. The van der Waals surface area contributed by atoms with Crippen LogP contribution in [0.1, 0.15) is 5.69 Å². The number of aryl methyl sites for hydroxylation is 1. The fourth-order valence-corrected chi connectivity index (χ4v) is 5.03. The molecule has 2 heterocycles. The number of benzene rings is 2. The van der Waals surface area contributed by atoms with E-state index in [0.717, 1.165) is 21.9 Å². The van der Waals surface area contributed by atoms with Gasteiger partial charge in [0, 0.05) is 34.6 Å². The molecule has 0 aliphatic carbocycles. The highest BCUT2D eigenvalue weighted by Crippen LogP contribution is 2.31. The third-order valence-corrected chi connectivity index (χ3v) is 6.84. The van der Waals surface area contributed by atoms with Crippen LogP contribution in [0.15, 0.2) is 58.9 Å². The largest absolute Gasteiger partial charge is 0.497 e. The predicted molar refractivity (Wildman–Crippen MR) is 114 cm³/mol. The molecular weight excluding hydrogens is 410 g/mol. The van der Waals surface area contributed by atoms with Crippen molar-refractivity contribution in [2.75, 3.05) is 18.9 Å². The van der Waals surface area contributed by atoms with Crippen LogP contribution < -0.4 is 14.2 Å². The molecule has 0 radical (unpaired) electrons. The molecule has 29 heavy (non-hydrogen) atoms. The lowest BCUT2D eigenvalue weighted by molar-refractivity contribution is 0.386. The minimum Gasteiger partial charge on any atom is -0.497 e. The molecule has 2 aromatic carbocycles. The van der Waals surface area contributed by atoms with E-state index in [4.69, 9.17) is 9.47 Å². The number of sulfonamides is 1. The Hall–Kier alpha value is -3.04. The summed E-state index contributed by atoms with van der Waals surface area (Å²) in [5.41, 5.74) is 3.14. The van der Waals surface area contributed by atoms with E-state index in [1.54, 1.807) is 35.6 Å². The Morgan fingerprint density at radius 3 is 2.66 bits per heavy atom. The zero-order chi connectivity index (χ0) is 20.6. The van der Waals surface area contributed by atoms with Crippen LogP contribution in [0, 0.1) is 6.92 Å². The first-order chi connectivity index (χ1) is 13.9. The highest BCUT2D eigenvalue weighted by molar-refractivity contribution is 7.92. The van der Waals surface area contributed by atoms with Crippen LogP contribution in [0.25, 0.3) is 16.2 Å². The molecule has 0 spiro atoms. The van der Waals surface area contributed by atoms with E-state index >= 15 is 0 Å². The van der Waals surface area contributed by atoms with Gasteiger partial charge in [0.25, 0.3) is 10.0 Å². The molecule has 1 N–H and O–H groups in total. The molecule has 0 saturated heterocycles. The molecule has 7 nitrogen and oxygen atoms in total. The van der Waals surface area contributed by atoms with Gasteiger partial charge in [-0.3, -0.25) is 9.12 Å². The van der Waals surface area contributed by atoms with Gasteiger partial charge in [-0.25, -0.2) is 13.4 Å². The standard InChI is InChI=1S/C20H19N3O4S2/c1-13-12-28-20-21-17(11-23(13)20)14-5-4-6-15(9-14)22-29(24,25)19-8-7-16(26-2)10-18(19)27-3/h4-12,22H,1-3H3. The zero-order valence-corrected chi connectivity index (χ0v) is 17.7. The van der Waals surface area contributed by atoms with Crippen LogP contribution in [-0.4, -0.2) is 32.0 Å². The highest BCUT2D eigenvalue weighted by atomic mass is 32.2. The number of hydrogen-bond donors (Lipinski definition) is 1. The second-order valence-corrected chi connectivity index (χ2v) is 8.85. The summed E-state index contributed by atoms with van der Waals surface area (Å²) < 4.78 is 40.8. The Bertz CT molecular complexity index is 1290. The molecule has 9 heteroatoms. The van der Waals surface area contributed by atoms with Crippen LogP contribution >= 0.6 is 11.3 Å². The van der Waals surface area contributed by atoms with Gasteiger partial charge in [0.05, 0.1) is 19.9 Å². The number of ether oxygens (including phenoxy) is 2. The van der Waals surface area contributed by atoms with Crippen LogP contribution in [0.5, 0.6) is 11.5 Å². The number of anilines is 1. The number of nitrogens with zero attached hydrogens (tertiary/aromatic N) is 2. The van der Waals surface area contributed by atoms with E-state index in [-0.39, 0.29) is 10.6 Å². The molecule has 150 valence electrons. The number of methoxy groups -OCH3 is 2. The van der Waals surface area contributed by atoms with Gasteiger partial charge in [-0.2, -0.15) is 0 Å². The summed E-state index contributed by atoms with van der Waals surface area (Å²) in [6.45, 7) is 2.02. The van der Waals surface area contributed by atoms with Gasteiger partial charge in [0.2, 0.25) is 0 Å². The molecule has 2 aromatic heterocycles. The van der Waals surface area contributed by atoms with Crippen molar-refractivity contribution in [3.63, 3.8) is 0 Å². The average molecular weight is 430 g/mol. The first-order valence-corrected chi connectivity index (χ1v) is 11.1. The topological polar surface area (TPSA) is 81.9 Å². The minimum atomic E-state index is -3.85. The summed E-state index contributed by atoms with van der Waals surface area (Å²) in [6, 6.07) is 11.7. The van der Waals surface area contributed by atoms with Crippen molar-refractivity contribution in [3.8, 4) is 22.8 Å². The predicted octanol–water partition coefficient (Wildman–Crippen LogP) is 4.19. The lowest BCUT2D eigenvalue weighted by Crippen LogP contribution is -2.14. The first kappa shape index (κ1) is 19.3. The maximum absolute atomic E-state index is 12.9. The number of aromatic nitrogens is 2. The van der Waals surface area contributed by atoms with Crippen LogP contribution in [0.2, 0.25) is 0 Å². The van der Waals surface area contributed by atoms with Gasteiger partial charge >= 0.3 is 0 Å². The maximum Gasteiger partial charge on any atom is 0.265 e. The summed E-state index contributed by atoms with van der Waals surface area (Å²) in [6.07, 6.45) is 1.95. The summed E-state index contributed by atoms with van der Waals surface area (Å²) in [5.74, 6) is 0.718. The number of nitrogens with one attached hydrogen (secondary N) is 1. The molecule has 0 atom stereocenters. The Morgan fingerprint density at radius 1 is 1.10 bits per heavy atom. The number of hydrogen-bond acceptors (Lipinski definition) is 6. The molecule has 4 aromatic rings. The Morgan fingerprint density at radius 2 is 1.93 bits per heavy atom. The lowest BCUT2D eigenvalue weighted by Gasteiger charge is -2.13. The van der Waals surface area contributed by atoms with Crippen molar-refractivity contribution < 1.29 is 17.9 Å². The average Bonchev–Trinajstić information content (AvgIpc) is 3.29. The Labute approximate surface area is 172 Å². The lowest BCUT2D eigenvalue weighted by atomic mass is 10.1. The van der Waals surface area contributed by atoms with Crippen LogP contribution in [-0.2, 0) is 10.0 Å². The number of thiazole rings is 1. The first-order valence-electron chi connectivity index (χ1n) is 8.70. The van der Waals surface area contributed by atoms with Crippen LogP contribution in [0.4, 0.5) is 5.69 Å². The smallest absolute Gasteiger partial charge is 0.265 e. The number of imidazole rings is 1. The fraction of sp³-hybridized carbons (Fsp3) is 0.150. The minimum absolute atomic E-state index is 0.0318.